The average Bonchev–Trinajstić information content (AvgIpc) is 2.76. The third-order valence-corrected chi connectivity index (χ3v) is 4.61. The van der Waals surface area contributed by atoms with Crippen molar-refractivity contribution in [3.8, 4) is 17.1 Å². The number of ether oxygens (including phenoxy) is 2. The second-order valence-electron chi connectivity index (χ2n) is 7.19. The lowest BCUT2D eigenvalue weighted by Crippen LogP contribution is -2.08. The van der Waals surface area contributed by atoms with Crippen LogP contribution in [0.4, 0.5) is 0 Å². The Morgan fingerprint density at radius 2 is 1.83 bits per heavy atom. The number of aromatic nitrogens is 2. The van der Waals surface area contributed by atoms with Gasteiger partial charge in [-0.2, -0.15) is 0 Å². The Hall–Kier alpha value is -2.46. The summed E-state index contributed by atoms with van der Waals surface area (Å²) in [6, 6.07) is 8.28. The van der Waals surface area contributed by atoms with Crippen LogP contribution in [0, 0.1) is 0 Å². The molecule has 4 nitrogen and oxygen atoms in total. The SMILES string of the molecule is C=CCOc1cnc(-c2ccc(C=CCCCC(C)OCCCCC)cc2)nc1. The van der Waals surface area contributed by atoms with Crippen molar-refractivity contribution in [2.24, 2.45) is 0 Å². The van der Waals surface area contributed by atoms with Gasteiger partial charge in [0.05, 0.1) is 18.5 Å². The third-order valence-electron chi connectivity index (χ3n) is 4.61. The van der Waals surface area contributed by atoms with Crippen molar-refractivity contribution in [3.63, 3.8) is 0 Å². The Bertz CT molecular complexity index is 723. The van der Waals surface area contributed by atoms with Crippen molar-refractivity contribution < 1.29 is 9.47 Å². The highest BCUT2D eigenvalue weighted by Crippen LogP contribution is 2.18. The molecule has 1 heterocycles. The number of allylic oxidation sites excluding steroid dienone is 1. The van der Waals surface area contributed by atoms with Crippen LogP contribution in [0.25, 0.3) is 17.5 Å². The van der Waals surface area contributed by atoms with E-state index in [0.29, 0.717) is 24.3 Å². The first-order chi connectivity index (χ1) is 14.2. The van der Waals surface area contributed by atoms with E-state index in [4.69, 9.17) is 9.47 Å². The monoisotopic (exact) mass is 394 g/mol. The van der Waals surface area contributed by atoms with Gasteiger partial charge in [-0.25, -0.2) is 9.97 Å². The lowest BCUT2D eigenvalue weighted by molar-refractivity contribution is 0.0566. The molecule has 2 aromatic rings. The molecule has 1 unspecified atom stereocenters. The molecule has 0 aliphatic heterocycles. The zero-order valence-corrected chi connectivity index (χ0v) is 17.8. The van der Waals surface area contributed by atoms with E-state index in [0.717, 1.165) is 31.4 Å². The highest BCUT2D eigenvalue weighted by Gasteiger charge is 2.02. The van der Waals surface area contributed by atoms with Crippen LogP contribution in [-0.2, 0) is 4.74 Å². The van der Waals surface area contributed by atoms with Crippen molar-refractivity contribution in [1.29, 1.82) is 0 Å². The first-order valence-corrected chi connectivity index (χ1v) is 10.7. The maximum atomic E-state index is 5.84. The van der Waals surface area contributed by atoms with E-state index in [1.54, 1.807) is 18.5 Å². The topological polar surface area (TPSA) is 44.2 Å². The first kappa shape index (κ1) is 22.8. The molecule has 0 saturated carbocycles. The van der Waals surface area contributed by atoms with Crippen LogP contribution in [0.1, 0.15) is 57.9 Å². The number of rotatable bonds is 14. The lowest BCUT2D eigenvalue weighted by atomic mass is 10.1. The Labute approximate surface area is 175 Å². The number of hydrogen-bond donors (Lipinski definition) is 0. The van der Waals surface area contributed by atoms with Crippen LogP contribution in [0.15, 0.2) is 55.4 Å². The third kappa shape index (κ3) is 9.05. The molecular weight excluding hydrogens is 360 g/mol. The highest BCUT2D eigenvalue weighted by molar-refractivity contribution is 5.59. The second kappa shape index (κ2) is 13.7. The maximum absolute atomic E-state index is 5.84. The van der Waals surface area contributed by atoms with E-state index in [9.17, 15) is 0 Å². The number of hydrogen-bond acceptors (Lipinski definition) is 4. The van der Waals surface area contributed by atoms with Crippen LogP contribution in [-0.4, -0.2) is 29.3 Å². The summed E-state index contributed by atoms with van der Waals surface area (Å²) in [6.07, 6.45) is 16.8. The molecule has 156 valence electrons. The molecule has 0 aliphatic rings. The normalized spacial score (nSPS) is 12.2. The van der Waals surface area contributed by atoms with Gasteiger partial charge in [0.25, 0.3) is 0 Å². The molecule has 0 fully saturated rings. The standard InChI is InChI=1S/C25H34N2O2/c1-4-6-10-18-28-21(3)11-8-7-9-12-22-13-15-23(16-14-22)25-26-19-24(20-27-25)29-17-5-2/h5,9,12-16,19-21H,2,4,6-8,10-11,17-18H2,1,3H3. The average molecular weight is 395 g/mol. The van der Waals surface area contributed by atoms with Crippen molar-refractivity contribution in [2.45, 2.75) is 58.5 Å². The molecule has 0 aliphatic carbocycles. The van der Waals surface area contributed by atoms with Gasteiger partial charge < -0.3 is 9.47 Å². The Morgan fingerprint density at radius 1 is 1.07 bits per heavy atom. The quantitative estimate of drug-likeness (QED) is 0.271. The summed E-state index contributed by atoms with van der Waals surface area (Å²) in [6.45, 7) is 9.37. The summed E-state index contributed by atoms with van der Waals surface area (Å²) in [5, 5.41) is 0. The molecular formula is C25H34N2O2. The molecule has 0 spiro atoms. The molecule has 0 bridgehead atoms. The predicted molar refractivity (Wildman–Crippen MR) is 121 cm³/mol. The van der Waals surface area contributed by atoms with E-state index in [-0.39, 0.29) is 0 Å². The summed E-state index contributed by atoms with van der Waals surface area (Å²) in [5.74, 6) is 1.34. The van der Waals surface area contributed by atoms with Crippen molar-refractivity contribution in [3.05, 3.63) is 61.0 Å². The van der Waals surface area contributed by atoms with Gasteiger partial charge in [0.1, 0.15) is 6.61 Å². The highest BCUT2D eigenvalue weighted by atomic mass is 16.5. The molecule has 0 N–H and O–H groups in total. The number of unbranched alkanes of at least 4 members (excludes halogenated alkanes) is 3. The molecule has 0 radical (unpaired) electrons. The van der Waals surface area contributed by atoms with Crippen molar-refractivity contribution in [2.75, 3.05) is 13.2 Å². The van der Waals surface area contributed by atoms with Crippen LogP contribution in [0.5, 0.6) is 5.75 Å². The summed E-state index contributed by atoms with van der Waals surface area (Å²) < 4.78 is 11.3. The van der Waals surface area contributed by atoms with Gasteiger partial charge in [-0.1, -0.05) is 68.8 Å². The minimum absolute atomic E-state index is 0.355. The Balaban J connectivity index is 1.72. The zero-order valence-electron chi connectivity index (χ0n) is 17.8. The fourth-order valence-electron chi connectivity index (χ4n) is 2.90. The molecule has 29 heavy (non-hydrogen) atoms. The summed E-state index contributed by atoms with van der Waals surface area (Å²) >= 11 is 0. The van der Waals surface area contributed by atoms with Gasteiger partial charge in [-0.15, -0.1) is 0 Å². The molecule has 4 heteroatoms. The summed E-state index contributed by atoms with van der Waals surface area (Å²) in [4.78, 5) is 8.73. The van der Waals surface area contributed by atoms with Crippen molar-refractivity contribution in [1.82, 2.24) is 9.97 Å². The molecule has 0 saturated heterocycles. The maximum Gasteiger partial charge on any atom is 0.159 e. The minimum atomic E-state index is 0.355. The van der Waals surface area contributed by atoms with E-state index in [1.165, 1.54) is 24.8 Å². The van der Waals surface area contributed by atoms with Gasteiger partial charge in [0, 0.05) is 12.2 Å². The summed E-state index contributed by atoms with van der Waals surface area (Å²) in [7, 11) is 0. The summed E-state index contributed by atoms with van der Waals surface area (Å²) in [5.41, 5.74) is 2.18. The minimum Gasteiger partial charge on any atom is -0.486 e. The van der Waals surface area contributed by atoms with Gasteiger partial charge >= 0.3 is 0 Å². The van der Waals surface area contributed by atoms with Gasteiger partial charge in [0.2, 0.25) is 0 Å². The van der Waals surface area contributed by atoms with Crippen LogP contribution < -0.4 is 4.74 Å². The molecule has 1 aromatic carbocycles. The fraction of sp³-hybridized carbons (Fsp3) is 0.440. The largest absolute Gasteiger partial charge is 0.486 e. The molecule has 2 rings (SSSR count). The van der Waals surface area contributed by atoms with Gasteiger partial charge in [-0.05, 0) is 38.2 Å². The van der Waals surface area contributed by atoms with E-state index < -0.39 is 0 Å². The van der Waals surface area contributed by atoms with E-state index in [2.05, 4.69) is 54.7 Å². The van der Waals surface area contributed by atoms with Crippen LogP contribution >= 0.6 is 0 Å². The van der Waals surface area contributed by atoms with Crippen molar-refractivity contribution >= 4 is 6.08 Å². The zero-order chi connectivity index (χ0) is 20.7. The first-order valence-electron chi connectivity index (χ1n) is 10.7. The smallest absolute Gasteiger partial charge is 0.159 e. The number of nitrogens with zero attached hydrogens (tertiary/aromatic N) is 2. The molecule has 1 aromatic heterocycles. The van der Waals surface area contributed by atoms with Gasteiger partial charge in [0.15, 0.2) is 11.6 Å². The van der Waals surface area contributed by atoms with Crippen LogP contribution in [0.2, 0.25) is 0 Å². The lowest BCUT2D eigenvalue weighted by Gasteiger charge is -2.11. The van der Waals surface area contributed by atoms with E-state index in [1.807, 2.05) is 12.1 Å². The van der Waals surface area contributed by atoms with Crippen LogP contribution in [0.3, 0.4) is 0 Å². The molecule has 1 atom stereocenters. The second-order valence-corrected chi connectivity index (χ2v) is 7.19. The Morgan fingerprint density at radius 3 is 2.52 bits per heavy atom. The van der Waals surface area contributed by atoms with E-state index >= 15 is 0 Å². The Kier molecular flexibility index (Phi) is 10.8. The number of benzene rings is 1. The predicted octanol–water partition coefficient (Wildman–Crippen LogP) is 6.49. The molecule has 0 amide bonds. The van der Waals surface area contributed by atoms with Gasteiger partial charge in [-0.3, -0.25) is 0 Å². The fourth-order valence-corrected chi connectivity index (χ4v) is 2.90.